The highest BCUT2D eigenvalue weighted by Crippen LogP contribution is 2.25. The standard InChI is InChI=1S/C19H26N4O2S/c1-15-13-21-14-22-18(15)23-19(17-7-10-20-11-8-17)26(24,25)12-9-16-5-3-2-4-6-16/h2-6,13-14,17,19-20H,7-12H2,1H3,(H,21,22,23). The molecule has 1 aliphatic heterocycles. The first-order valence-electron chi connectivity index (χ1n) is 9.05. The maximum absolute atomic E-state index is 13.2. The van der Waals surface area contributed by atoms with Crippen LogP contribution in [-0.4, -0.2) is 42.6 Å². The Bertz CT molecular complexity index is 805. The van der Waals surface area contributed by atoms with E-state index in [2.05, 4.69) is 20.6 Å². The maximum Gasteiger partial charge on any atom is 0.171 e. The average Bonchev–Trinajstić information content (AvgIpc) is 2.67. The quantitative estimate of drug-likeness (QED) is 0.773. The molecule has 1 aromatic carbocycles. The second-order valence-electron chi connectivity index (χ2n) is 6.81. The second kappa shape index (κ2) is 8.60. The first-order chi connectivity index (χ1) is 12.6. The molecule has 26 heavy (non-hydrogen) atoms. The summed E-state index contributed by atoms with van der Waals surface area (Å²) in [7, 11) is -3.33. The van der Waals surface area contributed by atoms with Crippen molar-refractivity contribution in [2.75, 3.05) is 24.2 Å². The van der Waals surface area contributed by atoms with E-state index < -0.39 is 15.2 Å². The van der Waals surface area contributed by atoms with Gasteiger partial charge in [0.05, 0.1) is 5.75 Å². The Morgan fingerprint density at radius 3 is 2.65 bits per heavy atom. The van der Waals surface area contributed by atoms with Crippen LogP contribution < -0.4 is 10.6 Å². The molecule has 6 nitrogen and oxygen atoms in total. The Hall–Kier alpha value is -1.99. The lowest BCUT2D eigenvalue weighted by atomic mass is 9.98. The smallest absolute Gasteiger partial charge is 0.171 e. The van der Waals surface area contributed by atoms with Crippen molar-refractivity contribution in [3.63, 3.8) is 0 Å². The molecule has 2 aromatic rings. The molecule has 140 valence electrons. The van der Waals surface area contributed by atoms with Crippen LogP contribution in [0.4, 0.5) is 5.82 Å². The van der Waals surface area contributed by atoms with Crippen molar-refractivity contribution in [2.24, 2.45) is 5.92 Å². The third kappa shape index (κ3) is 4.80. The third-order valence-corrected chi connectivity index (χ3v) is 6.94. The molecule has 0 saturated carbocycles. The monoisotopic (exact) mass is 374 g/mol. The zero-order chi connectivity index (χ0) is 18.4. The molecule has 1 fully saturated rings. The summed E-state index contributed by atoms with van der Waals surface area (Å²) in [5.41, 5.74) is 1.89. The van der Waals surface area contributed by atoms with Crippen LogP contribution in [0.5, 0.6) is 0 Å². The highest BCUT2D eigenvalue weighted by atomic mass is 32.2. The number of aryl methyl sites for hydroxylation is 2. The molecule has 0 spiro atoms. The molecule has 1 aromatic heterocycles. The van der Waals surface area contributed by atoms with Gasteiger partial charge in [0, 0.05) is 11.8 Å². The number of sulfone groups is 1. The molecular formula is C19H26N4O2S. The van der Waals surface area contributed by atoms with Gasteiger partial charge in [0.2, 0.25) is 0 Å². The van der Waals surface area contributed by atoms with E-state index in [1.54, 1.807) is 6.20 Å². The zero-order valence-corrected chi connectivity index (χ0v) is 15.9. The highest BCUT2D eigenvalue weighted by molar-refractivity contribution is 7.92. The topological polar surface area (TPSA) is 84.0 Å². The molecule has 0 bridgehead atoms. The van der Waals surface area contributed by atoms with Crippen molar-refractivity contribution in [1.29, 1.82) is 0 Å². The van der Waals surface area contributed by atoms with Gasteiger partial charge in [-0.15, -0.1) is 0 Å². The molecule has 2 N–H and O–H groups in total. The molecule has 2 heterocycles. The van der Waals surface area contributed by atoms with Gasteiger partial charge in [-0.2, -0.15) is 0 Å². The van der Waals surface area contributed by atoms with Gasteiger partial charge in [0.25, 0.3) is 0 Å². The lowest BCUT2D eigenvalue weighted by Gasteiger charge is -2.31. The summed E-state index contributed by atoms with van der Waals surface area (Å²) in [5.74, 6) is 0.807. The second-order valence-corrected chi connectivity index (χ2v) is 9.05. The van der Waals surface area contributed by atoms with Gasteiger partial charge in [-0.25, -0.2) is 18.4 Å². The number of anilines is 1. The van der Waals surface area contributed by atoms with Crippen LogP contribution in [-0.2, 0) is 16.3 Å². The minimum Gasteiger partial charge on any atom is -0.353 e. The molecule has 3 rings (SSSR count). The Morgan fingerprint density at radius 2 is 1.96 bits per heavy atom. The lowest BCUT2D eigenvalue weighted by Crippen LogP contribution is -2.44. The van der Waals surface area contributed by atoms with E-state index >= 15 is 0 Å². The number of nitrogens with zero attached hydrogens (tertiary/aromatic N) is 2. The van der Waals surface area contributed by atoms with Gasteiger partial charge in [-0.1, -0.05) is 30.3 Å². The minimum absolute atomic E-state index is 0.0754. The van der Waals surface area contributed by atoms with Gasteiger partial charge < -0.3 is 10.6 Å². The fourth-order valence-corrected chi connectivity index (χ4v) is 5.29. The Morgan fingerprint density at radius 1 is 1.23 bits per heavy atom. The molecule has 1 unspecified atom stereocenters. The largest absolute Gasteiger partial charge is 0.353 e. The Labute approximate surface area is 155 Å². The fourth-order valence-electron chi connectivity index (χ4n) is 3.36. The van der Waals surface area contributed by atoms with Crippen molar-refractivity contribution in [3.05, 3.63) is 54.0 Å². The first kappa shape index (κ1) is 18.8. The molecule has 0 radical (unpaired) electrons. The van der Waals surface area contributed by atoms with E-state index in [0.717, 1.165) is 37.1 Å². The van der Waals surface area contributed by atoms with E-state index in [0.29, 0.717) is 12.2 Å². The van der Waals surface area contributed by atoms with Crippen LogP contribution in [0.3, 0.4) is 0 Å². The molecule has 1 atom stereocenters. The number of rotatable bonds is 7. The molecule has 0 aliphatic carbocycles. The van der Waals surface area contributed by atoms with Crippen molar-refractivity contribution in [1.82, 2.24) is 15.3 Å². The molecule has 7 heteroatoms. The fraction of sp³-hybridized carbons (Fsp3) is 0.474. The average molecular weight is 375 g/mol. The summed E-state index contributed by atoms with van der Waals surface area (Å²) < 4.78 is 26.4. The predicted molar refractivity (Wildman–Crippen MR) is 104 cm³/mol. The van der Waals surface area contributed by atoms with E-state index in [1.807, 2.05) is 37.3 Å². The van der Waals surface area contributed by atoms with Crippen LogP contribution in [0.15, 0.2) is 42.9 Å². The summed E-state index contributed by atoms with van der Waals surface area (Å²) in [5, 5.41) is 5.91. The first-order valence-corrected chi connectivity index (χ1v) is 10.8. The number of hydrogen-bond donors (Lipinski definition) is 2. The van der Waals surface area contributed by atoms with Gasteiger partial charge in [-0.05, 0) is 50.8 Å². The van der Waals surface area contributed by atoms with Crippen LogP contribution >= 0.6 is 0 Å². The summed E-state index contributed by atoms with van der Waals surface area (Å²) in [6, 6.07) is 9.76. The number of benzene rings is 1. The Balaban J connectivity index is 1.80. The summed E-state index contributed by atoms with van der Waals surface area (Å²) >= 11 is 0. The molecular weight excluding hydrogens is 348 g/mol. The number of aromatic nitrogens is 2. The van der Waals surface area contributed by atoms with Crippen LogP contribution in [0.1, 0.15) is 24.0 Å². The number of hydrogen-bond acceptors (Lipinski definition) is 6. The van der Waals surface area contributed by atoms with Crippen LogP contribution in [0, 0.1) is 12.8 Å². The van der Waals surface area contributed by atoms with Crippen molar-refractivity contribution in [3.8, 4) is 0 Å². The minimum atomic E-state index is -3.33. The van der Waals surface area contributed by atoms with Crippen molar-refractivity contribution >= 4 is 15.7 Å². The highest BCUT2D eigenvalue weighted by Gasteiger charge is 2.34. The normalized spacial score (nSPS) is 17.0. The van der Waals surface area contributed by atoms with Gasteiger partial charge in [-0.3, -0.25) is 0 Å². The summed E-state index contributed by atoms with van der Waals surface area (Å²) in [6.07, 6.45) is 5.35. The third-order valence-electron chi connectivity index (χ3n) is 4.89. The Kier molecular flexibility index (Phi) is 6.21. The number of piperidine rings is 1. The van der Waals surface area contributed by atoms with E-state index in [-0.39, 0.29) is 11.7 Å². The van der Waals surface area contributed by atoms with Crippen molar-refractivity contribution in [2.45, 2.75) is 31.6 Å². The predicted octanol–water partition coefficient (Wildman–Crippen LogP) is 2.18. The zero-order valence-electron chi connectivity index (χ0n) is 15.1. The molecule has 0 amide bonds. The van der Waals surface area contributed by atoms with Gasteiger partial charge in [0.1, 0.15) is 17.5 Å². The molecule has 1 aliphatic rings. The number of nitrogens with one attached hydrogen (secondary N) is 2. The summed E-state index contributed by atoms with van der Waals surface area (Å²) in [4.78, 5) is 8.23. The van der Waals surface area contributed by atoms with E-state index in [9.17, 15) is 8.42 Å². The maximum atomic E-state index is 13.2. The van der Waals surface area contributed by atoms with Gasteiger partial charge in [0.15, 0.2) is 9.84 Å². The van der Waals surface area contributed by atoms with Crippen LogP contribution in [0.2, 0.25) is 0 Å². The van der Waals surface area contributed by atoms with E-state index in [4.69, 9.17) is 0 Å². The SMILES string of the molecule is Cc1cncnc1NC(C1CCNCC1)S(=O)(=O)CCc1ccccc1. The summed E-state index contributed by atoms with van der Waals surface area (Å²) in [6.45, 7) is 3.58. The van der Waals surface area contributed by atoms with E-state index in [1.165, 1.54) is 6.33 Å². The van der Waals surface area contributed by atoms with Crippen LogP contribution in [0.25, 0.3) is 0 Å². The van der Waals surface area contributed by atoms with Crippen molar-refractivity contribution < 1.29 is 8.42 Å². The molecule has 1 saturated heterocycles. The lowest BCUT2D eigenvalue weighted by molar-refractivity contribution is 0.367. The van der Waals surface area contributed by atoms with Gasteiger partial charge >= 0.3 is 0 Å².